The van der Waals surface area contributed by atoms with E-state index < -0.39 is 0 Å². The molecule has 0 atom stereocenters. The first-order chi connectivity index (χ1) is 11.2. The molecule has 3 rings (SSSR count). The Morgan fingerprint density at radius 3 is 2.43 bits per heavy atom. The van der Waals surface area contributed by atoms with E-state index in [1.54, 1.807) is 6.20 Å². The van der Waals surface area contributed by atoms with E-state index >= 15 is 0 Å². The molecule has 0 saturated heterocycles. The van der Waals surface area contributed by atoms with Crippen LogP contribution in [-0.2, 0) is 17.8 Å². The van der Waals surface area contributed by atoms with Crippen molar-refractivity contribution in [3.63, 3.8) is 0 Å². The molecule has 116 valence electrons. The molecule has 0 spiro atoms. The highest BCUT2D eigenvalue weighted by Gasteiger charge is 2.04. The van der Waals surface area contributed by atoms with Crippen LogP contribution in [0.25, 0.3) is 11.3 Å². The van der Waals surface area contributed by atoms with E-state index in [2.05, 4.69) is 15.3 Å². The van der Waals surface area contributed by atoms with Gasteiger partial charge in [-0.2, -0.15) is 0 Å². The number of imidazole rings is 1. The van der Waals surface area contributed by atoms with E-state index in [0.29, 0.717) is 18.9 Å². The number of rotatable bonds is 5. The van der Waals surface area contributed by atoms with E-state index in [-0.39, 0.29) is 5.91 Å². The highest BCUT2D eigenvalue weighted by Crippen LogP contribution is 2.18. The maximum Gasteiger partial charge on any atom is 0.224 e. The van der Waals surface area contributed by atoms with Gasteiger partial charge in [-0.05, 0) is 16.7 Å². The third kappa shape index (κ3) is 3.97. The normalized spacial score (nSPS) is 10.4. The van der Waals surface area contributed by atoms with Crippen molar-refractivity contribution in [1.29, 1.82) is 0 Å². The van der Waals surface area contributed by atoms with E-state index in [1.165, 1.54) is 0 Å². The molecule has 4 N–H and O–H groups in total. The van der Waals surface area contributed by atoms with Gasteiger partial charge in [0.05, 0.1) is 18.3 Å². The Hall–Kier alpha value is -3.08. The summed E-state index contributed by atoms with van der Waals surface area (Å²) in [6, 6.07) is 17.6. The van der Waals surface area contributed by atoms with Crippen LogP contribution in [0.3, 0.4) is 0 Å². The first kappa shape index (κ1) is 14.8. The Kier molecular flexibility index (Phi) is 4.38. The van der Waals surface area contributed by atoms with Crippen molar-refractivity contribution in [3.8, 4) is 11.3 Å². The quantitative estimate of drug-likeness (QED) is 0.677. The second-order valence-corrected chi connectivity index (χ2v) is 5.32. The summed E-state index contributed by atoms with van der Waals surface area (Å²) in [4.78, 5) is 18.9. The zero-order valence-electron chi connectivity index (χ0n) is 12.6. The summed E-state index contributed by atoms with van der Waals surface area (Å²) in [7, 11) is 0. The minimum Gasteiger partial charge on any atom is -0.369 e. The van der Waals surface area contributed by atoms with Crippen molar-refractivity contribution in [3.05, 3.63) is 71.9 Å². The van der Waals surface area contributed by atoms with Crippen molar-refractivity contribution in [2.75, 3.05) is 5.73 Å². The van der Waals surface area contributed by atoms with Gasteiger partial charge in [0, 0.05) is 6.54 Å². The van der Waals surface area contributed by atoms with Gasteiger partial charge in [0.15, 0.2) is 5.95 Å². The number of hydrogen-bond donors (Lipinski definition) is 3. The third-order valence-corrected chi connectivity index (χ3v) is 3.56. The maximum atomic E-state index is 11.9. The Morgan fingerprint density at radius 2 is 1.78 bits per heavy atom. The Bertz CT molecular complexity index is 778. The molecule has 0 fully saturated rings. The number of aromatic amines is 1. The van der Waals surface area contributed by atoms with Crippen LogP contribution in [-0.4, -0.2) is 15.9 Å². The number of aromatic nitrogens is 2. The van der Waals surface area contributed by atoms with Gasteiger partial charge in [-0.25, -0.2) is 4.98 Å². The van der Waals surface area contributed by atoms with Gasteiger partial charge in [-0.3, -0.25) is 4.79 Å². The molecule has 0 radical (unpaired) electrons. The SMILES string of the molecule is Nc1ncc(-c2ccc(CNC(=O)Cc3ccccc3)cc2)[nH]1. The fourth-order valence-corrected chi connectivity index (χ4v) is 2.33. The smallest absolute Gasteiger partial charge is 0.224 e. The molecule has 1 aromatic heterocycles. The summed E-state index contributed by atoms with van der Waals surface area (Å²) in [6.07, 6.45) is 2.10. The molecule has 0 unspecified atom stereocenters. The molecule has 2 aromatic carbocycles. The number of nitrogens with one attached hydrogen (secondary N) is 2. The average Bonchev–Trinajstić information content (AvgIpc) is 3.01. The lowest BCUT2D eigenvalue weighted by atomic mass is 10.1. The van der Waals surface area contributed by atoms with E-state index in [1.807, 2.05) is 54.6 Å². The minimum atomic E-state index is 0.0154. The molecule has 1 amide bonds. The molecule has 3 aromatic rings. The van der Waals surface area contributed by atoms with Crippen LogP contribution >= 0.6 is 0 Å². The summed E-state index contributed by atoms with van der Waals surface area (Å²) in [5.41, 5.74) is 9.52. The standard InChI is InChI=1S/C18H18N4O/c19-18-21-12-16(22-18)15-8-6-14(7-9-15)11-20-17(23)10-13-4-2-1-3-5-13/h1-9,12H,10-11H2,(H,20,23)(H3,19,21,22). The fourth-order valence-electron chi connectivity index (χ4n) is 2.33. The zero-order valence-corrected chi connectivity index (χ0v) is 12.6. The van der Waals surface area contributed by atoms with Gasteiger partial charge in [0.2, 0.25) is 5.91 Å². The Morgan fingerprint density at radius 1 is 1.04 bits per heavy atom. The number of amides is 1. The summed E-state index contributed by atoms with van der Waals surface area (Å²) in [6.45, 7) is 0.511. The zero-order chi connectivity index (χ0) is 16.1. The average molecular weight is 306 g/mol. The number of carbonyl (C=O) groups excluding carboxylic acids is 1. The number of anilines is 1. The molecule has 0 bridgehead atoms. The number of H-pyrrole nitrogens is 1. The molecule has 23 heavy (non-hydrogen) atoms. The molecule has 0 saturated carbocycles. The summed E-state index contributed by atoms with van der Waals surface area (Å²) < 4.78 is 0. The summed E-state index contributed by atoms with van der Waals surface area (Å²) >= 11 is 0. The van der Waals surface area contributed by atoms with Gasteiger partial charge in [0.1, 0.15) is 0 Å². The van der Waals surface area contributed by atoms with Gasteiger partial charge >= 0.3 is 0 Å². The van der Waals surface area contributed by atoms with Gasteiger partial charge < -0.3 is 16.0 Å². The second-order valence-electron chi connectivity index (χ2n) is 5.32. The van der Waals surface area contributed by atoms with Crippen molar-refractivity contribution >= 4 is 11.9 Å². The predicted molar refractivity (Wildman–Crippen MR) is 90.4 cm³/mol. The summed E-state index contributed by atoms with van der Waals surface area (Å²) in [5, 5.41) is 2.93. The molecular weight excluding hydrogens is 288 g/mol. The minimum absolute atomic E-state index is 0.0154. The lowest BCUT2D eigenvalue weighted by Gasteiger charge is -2.06. The van der Waals surface area contributed by atoms with Crippen LogP contribution in [0, 0.1) is 0 Å². The van der Waals surface area contributed by atoms with E-state index in [0.717, 1.165) is 22.4 Å². The predicted octanol–water partition coefficient (Wildman–Crippen LogP) is 2.52. The van der Waals surface area contributed by atoms with Crippen LogP contribution in [0.1, 0.15) is 11.1 Å². The van der Waals surface area contributed by atoms with Crippen LogP contribution in [0.2, 0.25) is 0 Å². The lowest BCUT2D eigenvalue weighted by molar-refractivity contribution is -0.120. The molecule has 5 heteroatoms. The van der Waals surface area contributed by atoms with Gasteiger partial charge in [-0.15, -0.1) is 0 Å². The number of hydrogen-bond acceptors (Lipinski definition) is 3. The van der Waals surface area contributed by atoms with Crippen molar-refractivity contribution < 1.29 is 4.79 Å². The highest BCUT2D eigenvalue weighted by atomic mass is 16.1. The topological polar surface area (TPSA) is 83.8 Å². The maximum absolute atomic E-state index is 11.9. The lowest BCUT2D eigenvalue weighted by Crippen LogP contribution is -2.24. The van der Waals surface area contributed by atoms with Crippen molar-refractivity contribution in [2.24, 2.45) is 0 Å². The first-order valence-electron chi connectivity index (χ1n) is 7.41. The van der Waals surface area contributed by atoms with Gasteiger partial charge in [0.25, 0.3) is 0 Å². The monoisotopic (exact) mass is 306 g/mol. The molecule has 0 aliphatic rings. The molecule has 5 nitrogen and oxygen atoms in total. The first-order valence-corrected chi connectivity index (χ1v) is 7.41. The molecule has 0 aliphatic carbocycles. The number of benzene rings is 2. The van der Waals surface area contributed by atoms with Crippen LogP contribution in [0.5, 0.6) is 0 Å². The fraction of sp³-hybridized carbons (Fsp3) is 0.111. The Labute approximate surface area is 134 Å². The van der Waals surface area contributed by atoms with Crippen LogP contribution < -0.4 is 11.1 Å². The van der Waals surface area contributed by atoms with Crippen LogP contribution in [0.15, 0.2) is 60.8 Å². The largest absolute Gasteiger partial charge is 0.369 e. The summed E-state index contributed by atoms with van der Waals surface area (Å²) in [5.74, 6) is 0.416. The van der Waals surface area contributed by atoms with Gasteiger partial charge in [-0.1, -0.05) is 54.6 Å². The molecule has 1 heterocycles. The van der Waals surface area contributed by atoms with E-state index in [9.17, 15) is 4.79 Å². The molecular formula is C18H18N4O. The van der Waals surface area contributed by atoms with Crippen molar-refractivity contribution in [1.82, 2.24) is 15.3 Å². The number of carbonyl (C=O) groups is 1. The van der Waals surface area contributed by atoms with Crippen LogP contribution in [0.4, 0.5) is 5.95 Å². The highest BCUT2D eigenvalue weighted by molar-refractivity contribution is 5.78. The number of nitrogens with two attached hydrogens (primary N) is 1. The second kappa shape index (κ2) is 6.79. The van der Waals surface area contributed by atoms with Crippen molar-refractivity contribution in [2.45, 2.75) is 13.0 Å². The Balaban J connectivity index is 1.55. The van der Waals surface area contributed by atoms with E-state index in [4.69, 9.17) is 5.73 Å². The number of nitrogen functional groups attached to an aromatic ring is 1. The number of nitrogens with zero attached hydrogens (tertiary/aromatic N) is 1. The third-order valence-electron chi connectivity index (χ3n) is 3.56. The molecule has 0 aliphatic heterocycles.